The summed E-state index contributed by atoms with van der Waals surface area (Å²) in [6, 6.07) is 5.22. The number of phenolic OH excluding ortho intramolecular Hbond substituents is 1. The number of phenols is 1. The van der Waals surface area contributed by atoms with Crippen molar-refractivity contribution in [1.29, 1.82) is 0 Å². The number of hydrogen-bond donors (Lipinski definition) is 1. The molecule has 0 heterocycles. The minimum Gasteiger partial charge on any atom is -0.508 e. The Hall–Kier alpha value is -1.50. The van der Waals surface area contributed by atoms with Gasteiger partial charge in [-0.25, -0.2) is 0 Å². The number of allylic oxidation sites excluding steroid dienone is 1. The first kappa shape index (κ1) is 16.9. The van der Waals surface area contributed by atoms with E-state index in [2.05, 4.69) is 6.58 Å². The Kier molecular flexibility index (Phi) is 12.2. The van der Waals surface area contributed by atoms with Crippen LogP contribution in [0.25, 0.3) is 12.2 Å². The monoisotopic (exact) mass is 220 g/mol. The Morgan fingerprint density at radius 3 is 2.06 bits per heavy atom. The van der Waals surface area contributed by atoms with Gasteiger partial charge in [-0.1, -0.05) is 58.6 Å². The predicted octanol–water partition coefficient (Wildman–Crippen LogP) is 5.12. The van der Waals surface area contributed by atoms with Gasteiger partial charge < -0.3 is 5.11 Å². The van der Waals surface area contributed by atoms with E-state index in [1.165, 1.54) is 0 Å². The molecular formula is C15H24O. The van der Waals surface area contributed by atoms with Crippen molar-refractivity contribution < 1.29 is 5.11 Å². The molecule has 1 heteroatoms. The summed E-state index contributed by atoms with van der Waals surface area (Å²) in [5.74, 6) is 0.286. The minimum absolute atomic E-state index is 0.286. The van der Waals surface area contributed by atoms with Gasteiger partial charge in [0.15, 0.2) is 0 Å². The van der Waals surface area contributed by atoms with E-state index in [9.17, 15) is 5.11 Å². The van der Waals surface area contributed by atoms with Crippen LogP contribution in [0.1, 0.15) is 45.7 Å². The zero-order chi connectivity index (χ0) is 13.0. The van der Waals surface area contributed by atoms with Crippen LogP contribution in [0.5, 0.6) is 5.75 Å². The smallest absolute Gasteiger partial charge is 0.116 e. The van der Waals surface area contributed by atoms with Crippen LogP contribution in [0.4, 0.5) is 0 Å². The van der Waals surface area contributed by atoms with E-state index in [1.807, 2.05) is 52.8 Å². The van der Waals surface area contributed by atoms with E-state index in [4.69, 9.17) is 0 Å². The molecule has 16 heavy (non-hydrogen) atoms. The molecule has 0 aliphatic carbocycles. The lowest BCUT2D eigenvalue weighted by atomic mass is 10.1. The van der Waals surface area contributed by atoms with Crippen molar-refractivity contribution in [2.45, 2.75) is 34.6 Å². The van der Waals surface area contributed by atoms with Gasteiger partial charge in [-0.15, -0.1) is 0 Å². The molecule has 1 nitrogen and oxygen atoms in total. The maximum absolute atomic E-state index is 9.19. The van der Waals surface area contributed by atoms with Crippen molar-refractivity contribution in [3.05, 3.63) is 42.0 Å². The summed E-state index contributed by atoms with van der Waals surface area (Å²) in [6.07, 6.45) is 5.65. The van der Waals surface area contributed by atoms with Crippen LogP contribution in [0.15, 0.2) is 30.9 Å². The van der Waals surface area contributed by atoms with Crippen LogP contribution < -0.4 is 0 Å². The van der Waals surface area contributed by atoms with E-state index < -0.39 is 0 Å². The summed E-state index contributed by atoms with van der Waals surface area (Å²) in [6.45, 7) is 13.6. The molecule has 1 aromatic rings. The number of hydrogen-bond acceptors (Lipinski definition) is 1. The molecule has 0 saturated carbocycles. The standard InChI is InChI=1S/C11H12O.2C2H6/c1-3-5-10-8-11(12)7-6-9(10)4-2;2*1-2/h3-8,12H,2H2,1H3;2*1-2H3/b5-3-;;. The summed E-state index contributed by atoms with van der Waals surface area (Å²) >= 11 is 0. The van der Waals surface area contributed by atoms with Crippen LogP contribution in [0.3, 0.4) is 0 Å². The number of rotatable bonds is 2. The van der Waals surface area contributed by atoms with Gasteiger partial charge in [-0.2, -0.15) is 0 Å². The fourth-order valence-electron chi connectivity index (χ4n) is 1.07. The number of aromatic hydroxyl groups is 1. The average molecular weight is 220 g/mol. The van der Waals surface area contributed by atoms with Crippen molar-refractivity contribution >= 4 is 12.2 Å². The molecule has 0 bridgehead atoms. The molecule has 0 aliphatic heterocycles. The summed E-state index contributed by atoms with van der Waals surface area (Å²) in [4.78, 5) is 0. The quantitative estimate of drug-likeness (QED) is 0.733. The second-order valence-corrected chi connectivity index (χ2v) is 2.52. The lowest BCUT2D eigenvalue weighted by molar-refractivity contribution is 0.475. The molecule has 0 saturated heterocycles. The van der Waals surface area contributed by atoms with Gasteiger partial charge in [0, 0.05) is 0 Å². The lowest BCUT2D eigenvalue weighted by Crippen LogP contribution is -1.78. The molecule has 0 aliphatic rings. The molecule has 90 valence electrons. The van der Waals surface area contributed by atoms with Gasteiger partial charge in [0.25, 0.3) is 0 Å². The van der Waals surface area contributed by atoms with E-state index in [-0.39, 0.29) is 5.75 Å². The molecule has 0 aromatic heterocycles. The highest BCUT2D eigenvalue weighted by Crippen LogP contribution is 2.18. The lowest BCUT2D eigenvalue weighted by Gasteiger charge is -2.00. The largest absolute Gasteiger partial charge is 0.508 e. The van der Waals surface area contributed by atoms with Gasteiger partial charge in [-0.3, -0.25) is 0 Å². The highest BCUT2D eigenvalue weighted by molar-refractivity contribution is 5.65. The van der Waals surface area contributed by atoms with Crippen molar-refractivity contribution in [3.63, 3.8) is 0 Å². The maximum Gasteiger partial charge on any atom is 0.116 e. The third-order valence-electron chi connectivity index (χ3n) is 1.64. The molecule has 0 amide bonds. The Balaban J connectivity index is 0. The molecule has 0 unspecified atom stereocenters. The first-order chi connectivity index (χ1) is 7.77. The maximum atomic E-state index is 9.19. The van der Waals surface area contributed by atoms with Gasteiger partial charge in [0.2, 0.25) is 0 Å². The van der Waals surface area contributed by atoms with Crippen LogP contribution in [-0.4, -0.2) is 5.11 Å². The Labute approximate surface area is 100 Å². The third kappa shape index (κ3) is 6.07. The summed E-state index contributed by atoms with van der Waals surface area (Å²) in [5, 5.41) is 9.19. The summed E-state index contributed by atoms with van der Waals surface area (Å²) in [7, 11) is 0. The van der Waals surface area contributed by atoms with Crippen LogP contribution in [0.2, 0.25) is 0 Å². The fraction of sp³-hybridized carbons (Fsp3) is 0.333. The van der Waals surface area contributed by atoms with Gasteiger partial charge in [-0.05, 0) is 30.2 Å². The Morgan fingerprint density at radius 2 is 1.62 bits per heavy atom. The summed E-state index contributed by atoms with van der Waals surface area (Å²) in [5.41, 5.74) is 2.03. The van der Waals surface area contributed by atoms with E-state index >= 15 is 0 Å². The molecular weight excluding hydrogens is 196 g/mol. The Bertz CT molecular complexity index is 311. The van der Waals surface area contributed by atoms with Gasteiger partial charge in [0.05, 0.1) is 0 Å². The predicted molar refractivity (Wildman–Crippen MR) is 75.6 cm³/mol. The van der Waals surface area contributed by atoms with Gasteiger partial charge in [0.1, 0.15) is 5.75 Å². The van der Waals surface area contributed by atoms with Crippen LogP contribution >= 0.6 is 0 Å². The topological polar surface area (TPSA) is 20.2 Å². The van der Waals surface area contributed by atoms with E-state index in [0.717, 1.165) is 11.1 Å². The second kappa shape index (κ2) is 11.6. The van der Waals surface area contributed by atoms with E-state index in [0.29, 0.717) is 0 Å². The molecule has 0 atom stereocenters. The zero-order valence-corrected chi connectivity index (χ0v) is 11.1. The molecule has 0 spiro atoms. The Morgan fingerprint density at radius 1 is 1.06 bits per heavy atom. The highest BCUT2D eigenvalue weighted by Gasteiger charge is 1.95. The zero-order valence-electron chi connectivity index (χ0n) is 11.1. The second-order valence-electron chi connectivity index (χ2n) is 2.52. The first-order valence-corrected chi connectivity index (χ1v) is 5.86. The molecule has 1 N–H and O–H groups in total. The van der Waals surface area contributed by atoms with Crippen LogP contribution in [-0.2, 0) is 0 Å². The number of benzene rings is 1. The molecule has 0 fully saturated rings. The summed E-state index contributed by atoms with van der Waals surface area (Å²) < 4.78 is 0. The molecule has 1 rings (SSSR count). The van der Waals surface area contributed by atoms with Gasteiger partial charge >= 0.3 is 0 Å². The van der Waals surface area contributed by atoms with Crippen molar-refractivity contribution in [2.75, 3.05) is 0 Å². The van der Waals surface area contributed by atoms with Crippen molar-refractivity contribution in [3.8, 4) is 5.75 Å². The van der Waals surface area contributed by atoms with E-state index in [1.54, 1.807) is 18.2 Å². The van der Waals surface area contributed by atoms with Crippen molar-refractivity contribution in [1.82, 2.24) is 0 Å². The molecule has 0 radical (unpaired) electrons. The SMILES string of the molecule is C=Cc1ccc(O)cc1/C=C\C.CC.CC. The fourth-order valence-corrected chi connectivity index (χ4v) is 1.07. The van der Waals surface area contributed by atoms with Crippen LogP contribution in [0, 0.1) is 0 Å². The average Bonchev–Trinajstić information content (AvgIpc) is 2.35. The third-order valence-corrected chi connectivity index (χ3v) is 1.64. The first-order valence-electron chi connectivity index (χ1n) is 5.86. The molecule has 1 aromatic carbocycles. The highest BCUT2D eigenvalue weighted by atomic mass is 16.3. The van der Waals surface area contributed by atoms with Crippen molar-refractivity contribution in [2.24, 2.45) is 0 Å². The normalized spacial score (nSPS) is 8.56. The minimum atomic E-state index is 0.286.